The standard InChI is InChI=1S/C32H33N3O6/c1-21(22-12-6-5-7-13-22)33(30(36)29-28(40-29)25-15-9-11-17-27(25)35(38)39)19-18-23-20-34(31(37)41-32(2,3)4)26-16-10-8-14-24(23)26/h5-17,20-21,28-29H,18-19H2,1-4H3/t21-,28+,29-/m0/s1. The summed E-state index contributed by atoms with van der Waals surface area (Å²) < 4.78 is 12.9. The summed E-state index contributed by atoms with van der Waals surface area (Å²) in [5.41, 5.74) is 2.27. The van der Waals surface area contributed by atoms with E-state index >= 15 is 0 Å². The van der Waals surface area contributed by atoms with Crippen LogP contribution in [0.25, 0.3) is 10.9 Å². The molecule has 1 aromatic heterocycles. The molecule has 1 saturated heterocycles. The third-order valence-electron chi connectivity index (χ3n) is 7.21. The molecule has 0 aliphatic carbocycles. The number of nitro groups is 1. The second kappa shape index (κ2) is 11.2. The van der Waals surface area contributed by atoms with E-state index in [-0.39, 0.29) is 17.6 Å². The van der Waals surface area contributed by atoms with Crippen molar-refractivity contribution < 1.29 is 24.0 Å². The predicted octanol–water partition coefficient (Wildman–Crippen LogP) is 6.61. The Morgan fingerprint density at radius 1 is 1.02 bits per heavy atom. The van der Waals surface area contributed by atoms with Crippen molar-refractivity contribution in [1.82, 2.24) is 9.47 Å². The van der Waals surface area contributed by atoms with Crippen LogP contribution in [0, 0.1) is 10.1 Å². The largest absolute Gasteiger partial charge is 0.443 e. The molecule has 212 valence electrons. The van der Waals surface area contributed by atoms with Crippen LogP contribution in [0.1, 0.15) is 56.5 Å². The minimum Gasteiger partial charge on any atom is -0.443 e. The second-order valence-electron chi connectivity index (χ2n) is 11.2. The number of hydrogen-bond donors (Lipinski definition) is 0. The zero-order valence-electron chi connectivity index (χ0n) is 23.5. The molecule has 0 radical (unpaired) electrons. The number of epoxide rings is 1. The number of carbonyl (C=O) groups excluding carboxylic acids is 2. The van der Waals surface area contributed by atoms with Gasteiger partial charge in [0.25, 0.3) is 11.6 Å². The number of benzene rings is 3. The molecular formula is C32H33N3O6. The highest BCUT2D eigenvalue weighted by Gasteiger charge is 2.51. The molecule has 0 N–H and O–H groups in total. The number of aromatic nitrogens is 1. The molecule has 0 spiro atoms. The fourth-order valence-electron chi connectivity index (χ4n) is 5.15. The zero-order valence-corrected chi connectivity index (χ0v) is 23.5. The Bertz CT molecular complexity index is 1590. The van der Waals surface area contributed by atoms with Gasteiger partial charge in [-0.25, -0.2) is 4.79 Å². The molecule has 41 heavy (non-hydrogen) atoms. The van der Waals surface area contributed by atoms with Gasteiger partial charge < -0.3 is 14.4 Å². The third kappa shape index (κ3) is 6.00. The van der Waals surface area contributed by atoms with E-state index in [1.807, 2.05) is 82.3 Å². The van der Waals surface area contributed by atoms with Crippen LogP contribution in [0.5, 0.6) is 0 Å². The summed E-state index contributed by atoms with van der Waals surface area (Å²) in [5, 5.41) is 12.5. The number of hydrogen-bond acceptors (Lipinski definition) is 6. The van der Waals surface area contributed by atoms with E-state index in [9.17, 15) is 19.7 Å². The van der Waals surface area contributed by atoms with Crippen LogP contribution >= 0.6 is 0 Å². The third-order valence-corrected chi connectivity index (χ3v) is 7.21. The minimum absolute atomic E-state index is 0.0644. The normalized spacial score (nSPS) is 17.2. The Hall–Kier alpha value is -4.50. The fraction of sp³-hybridized carbons (Fsp3) is 0.312. The minimum atomic E-state index is -0.814. The van der Waals surface area contributed by atoms with E-state index < -0.39 is 28.8 Å². The lowest BCUT2D eigenvalue weighted by Gasteiger charge is -2.29. The molecule has 0 bridgehead atoms. The average Bonchev–Trinajstić information content (AvgIpc) is 3.67. The summed E-state index contributed by atoms with van der Waals surface area (Å²) in [5.74, 6) is -0.236. The van der Waals surface area contributed by atoms with Gasteiger partial charge in [-0.05, 0) is 57.4 Å². The van der Waals surface area contributed by atoms with E-state index in [2.05, 4.69) is 0 Å². The van der Waals surface area contributed by atoms with Crippen molar-refractivity contribution in [2.75, 3.05) is 6.54 Å². The highest BCUT2D eigenvalue weighted by atomic mass is 16.6. The topological polar surface area (TPSA) is 107 Å². The van der Waals surface area contributed by atoms with Crippen LogP contribution in [0.3, 0.4) is 0 Å². The lowest BCUT2D eigenvalue weighted by molar-refractivity contribution is -0.385. The number of para-hydroxylation sites is 2. The lowest BCUT2D eigenvalue weighted by atomic mass is 10.0. The van der Waals surface area contributed by atoms with Crippen LogP contribution in [0.4, 0.5) is 10.5 Å². The van der Waals surface area contributed by atoms with Crippen molar-refractivity contribution >= 4 is 28.6 Å². The highest BCUT2D eigenvalue weighted by molar-refractivity contribution is 5.92. The summed E-state index contributed by atoms with van der Waals surface area (Å²) in [6.45, 7) is 7.77. The smallest absolute Gasteiger partial charge is 0.419 e. The van der Waals surface area contributed by atoms with E-state index in [0.717, 1.165) is 22.0 Å². The Labute approximate surface area is 238 Å². The Morgan fingerprint density at radius 3 is 2.39 bits per heavy atom. The molecule has 1 fully saturated rings. The molecule has 9 heteroatoms. The SMILES string of the molecule is C[C@@H](c1ccccc1)N(CCc1cn(C(=O)OC(C)(C)C)c2ccccc12)C(=O)[C@H]1O[C@@H]1c1ccccc1[N+](=O)[O-]. The van der Waals surface area contributed by atoms with Gasteiger partial charge in [0.2, 0.25) is 0 Å². The van der Waals surface area contributed by atoms with Gasteiger partial charge in [-0.3, -0.25) is 19.5 Å². The molecule has 1 aliphatic heterocycles. The Kier molecular flexibility index (Phi) is 7.64. The molecule has 1 aliphatic rings. The first kappa shape index (κ1) is 28.0. The Balaban J connectivity index is 1.42. The molecule has 9 nitrogen and oxygen atoms in total. The molecule has 0 unspecified atom stereocenters. The number of nitro benzene ring substituents is 1. The monoisotopic (exact) mass is 555 g/mol. The number of ether oxygens (including phenoxy) is 2. The maximum atomic E-state index is 13.9. The molecule has 3 aromatic carbocycles. The molecule has 3 atom stereocenters. The van der Waals surface area contributed by atoms with Gasteiger partial charge in [0.05, 0.1) is 22.0 Å². The van der Waals surface area contributed by atoms with Gasteiger partial charge in [-0.15, -0.1) is 0 Å². The maximum absolute atomic E-state index is 13.9. The molecule has 0 saturated carbocycles. The zero-order chi connectivity index (χ0) is 29.3. The van der Waals surface area contributed by atoms with Crippen molar-refractivity contribution in [3.05, 3.63) is 112 Å². The number of fused-ring (bicyclic) bond motifs is 1. The van der Waals surface area contributed by atoms with Crippen LogP contribution in [0.2, 0.25) is 0 Å². The fourth-order valence-corrected chi connectivity index (χ4v) is 5.15. The quantitative estimate of drug-likeness (QED) is 0.138. The van der Waals surface area contributed by atoms with E-state index in [1.54, 1.807) is 29.3 Å². The van der Waals surface area contributed by atoms with E-state index in [0.29, 0.717) is 18.5 Å². The average molecular weight is 556 g/mol. The molecular weight excluding hydrogens is 522 g/mol. The van der Waals surface area contributed by atoms with Gasteiger partial charge >= 0.3 is 6.09 Å². The summed E-state index contributed by atoms with van der Waals surface area (Å²) in [6.07, 6.45) is 0.290. The number of amides is 1. The van der Waals surface area contributed by atoms with Crippen LogP contribution < -0.4 is 0 Å². The van der Waals surface area contributed by atoms with Crippen LogP contribution in [0.15, 0.2) is 85.1 Å². The first-order chi connectivity index (χ1) is 19.5. The summed E-state index contributed by atoms with van der Waals surface area (Å²) in [6, 6.07) is 23.4. The molecule has 2 heterocycles. The summed E-state index contributed by atoms with van der Waals surface area (Å²) >= 11 is 0. The van der Waals surface area contributed by atoms with Gasteiger partial charge in [0, 0.05) is 24.2 Å². The van der Waals surface area contributed by atoms with Crippen molar-refractivity contribution in [2.24, 2.45) is 0 Å². The van der Waals surface area contributed by atoms with Crippen molar-refractivity contribution in [1.29, 1.82) is 0 Å². The number of nitrogens with zero attached hydrogens (tertiary/aromatic N) is 3. The van der Waals surface area contributed by atoms with Gasteiger partial charge in [0.1, 0.15) is 11.7 Å². The molecule has 1 amide bonds. The van der Waals surface area contributed by atoms with E-state index in [1.165, 1.54) is 10.6 Å². The van der Waals surface area contributed by atoms with Crippen LogP contribution in [-0.4, -0.2) is 44.6 Å². The predicted molar refractivity (Wildman–Crippen MR) is 155 cm³/mol. The van der Waals surface area contributed by atoms with Gasteiger partial charge in [-0.2, -0.15) is 0 Å². The van der Waals surface area contributed by atoms with E-state index in [4.69, 9.17) is 9.47 Å². The number of rotatable bonds is 8. The van der Waals surface area contributed by atoms with Gasteiger partial charge in [0.15, 0.2) is 6.10 Å². The lowest BCUT2D eigenvalue weighted by Crippen LogP contribution is -2.38. The first-order valence-corrected chi connectivity index (χ1v) is 13.6. The first-order valence-electron chi connectivity index (χ1n) is 13.6. The summed E-state index contributed by atoms with van der Waals surface area (Å²) in [7, 11) is 0. The Morgan fingerprint density at radius 2 is 1.68 bits per heavy atom. The van der Waals surface area contributed by atoms with Crippen molar-refractivity contribution in [2.45, 2.75) is 58.0 Å². The highest BCUT2D eigenvalue weighted by Crippen LogP contribution is 2.44. The van der Waals surface area contributed by atoms with Crippen molar-refractivity contribution in [3.8, 4) is 0 Å². The van der Waals surface area contributed by atoms with Crippen molar-refractivity contribution in [3.63, 3.8) is 0 Å². The van der Waals surface area contributed by atoms with Crippen LogP contribution in [-0.2, 0) is 20.7 Å². The molecule has 5 rings (SSSR count). The maximum Gasteiger partial charge on any atom is 0.419 e. The second-order valence-corrected chi connectivity index (χ2v) is 11.2. The number of carbonyl (C=O) groups is 2. The molecule has 4 aromatic rings. The van der Waals surface area contributed by atoms with Gasteiger partial charge in [-0.1, -0.05) is 60.7 Å². The summed E-state index contributed by atoms with van der Waals surface area (Å²) in [4.78, 5) is 39.7.